The standard InChI is InChI=1S/C13H20N2O4/c1-9-5-10(13(18)19)7-15(6-9)12(17)8-14-4-2-3-11(14)16/h9-10H,2-8H2,1H3,(H,18,19). The van der Waals surface area contributed by atoms with E-state index in [1.165, 1.54) is 0 Å². The molecular weight excluding hydrogens is 248 g/mol. The summed E-state index contributed by atoms with van der Waals surface area (Å²) in [5, 5.41) is 9.08. The van der Waals surface area contributed by atoms with Gasteiger partial charge in [0.15, 0.2) is 0 Å². The van der Waals surface area contributed by atoms with E-state index in [9.17, 15) is 14.4 Å². The highest BCUT2D eigenvalue weighted by atomic mass is 16.4. The number of carbonyl (C=O) groups excluding carboxylic acids is 2. The van der Waals surface area contributed by atoms with E-state index < -0.39 is 11.9 Å². The number of carboxylic acid groups (broad SMARTS) is 1. The summed E-state index contributed by atoms with van der Waals surface area (Å²) in [6.45, 7) is 3.54. The van der Waals surface area contributed by atoms with Gasteiger partial charge >= 0.3 is 5.97 Å². The predicted molar refractivity (Wildman–Crippen MR) is 67.3 cm³/mol. The smallest absolute Gasteiger partial charge is 0.308 e. The summed E-state index contributed by atoms with van der Waals surface area (Å²) >= 11 is 0. The van der Waals surface area contributed by atoms with Gasteiger partial charge in [-0.2, -0.15) is 0 Å². The molecule has 2 saturated heterocycles. The summed E-state index contributed by atoms with van der Waals surface area (Å²) in [5.74, 6) is -1.25. The molecule has 6 heteroatoms. The molecule has 0 bridgehead atoms. The average Bonchev–Trinajstić information content (AvgIpc) is 2.74. The summed E-state index contributed by atoms with van der Waals surface area (Å²) in [7, 11) is 0. The quantitative estimate of drug-likeness (QED) is 0.792. The maximum absolute atomic E-state index is 12.2. The van der Waals surface area contributed by atoms with Crippen LogP contribution in [-0.2, 0) is 14.4 Å². The van der Waals surface area contributed by atoms with Gasteiger partial charge in [-0.1, -0.05) is 6.92 Å². The normalized spacial score (nSPS) is 27.7. The van der Waals surface area contributed by atoms with E-state index in [0.29, 0.717) is 25.9 Å². The average molecular weight is 268 g/mol. The third-order valence-corrected chi connectivity index (χ3v) is 3.86. The van der Waals surface area contributed by atoms with Crippen LogP contribution in [0.5, 0.6) is 0 Å². The predicted octanol–water partition coefficient (Wildman–Crippen LogP) is 0.178. The molecule has 2 unspecified atom stereocenters. The molecule has 0 saturated carbocycles. The van der Waals surface area contributed by atoms with E-state index in [1.807, 2.05) is 6.92 Å². The van der Waals surface area contributed by atoms with Crippen molar-refractivity contribution in [3.05, 3.63) is 0 Å². The van der Waals surface area contributed by atoms with Crippen LogP contribution in [0.4, 0.5) is 0 Å². The minimum Gasteiger partial charge on any atom is -0.481 e. The van der Waals surface area contributed by atoms with Gasteiger partial charge in [0, 0.05) is 26.1 Å². The van der Waals surface area contributed by atoms with Gasteiger partial charge in [-0.05, 0) is 18.8 Å². The summed E-state index contributed by atoms with van der Waals surface area (Å²) < 4.78 is 0. The van der Waals surface area contributed by atoms with Gasteiger partial charge in [-0.15, -0.1) is 0 Å². The maximum Gasteiger partial charge on any atom is 0.308 e. The highest BCUT2D eigenvalue weighted by molar-refractivity contribution is 5.86. The number of likely N-dealkylation sites (tertiary alicyclic amines) is 2. The molecule has 0 aromatic heterocycles. The number of aliphatic carboxylic acids is 1. The Labute approximate surface area is 112 Å². The number of hydrogen-bond acceptors (Lipinski definition) is 3. The largest absolute Gasteiger partial charge is 0.481 e. The Kier molecular flexibility index (Phi) is 4.07. The topological polar surface area (TPSA) is 77.9 Å². The van der Waals surface area contributed by atoms with Crippen molar-refractivity contribution in [3.8, 4) is 0 Å². The van der Waals surface area contributed by atoms with Crippen LogP contribution in [0.2, 0.25) is 0 Å². The van der Waals surface area contributed by atoms with Crippen LogP contribution in [0.15, 0.2) is 0 Å². The van der Waals surface area contributed by atoms with E-state index in [4.69, 9.17) is 5.11 Å². The van der Waals surface area contributed by atoms with Crippen LogP contribution in [0.1, 0.15) is 26.2 Å². The van der Waals surface area contributed by atoms with Gasteiger partial charge in [0.25, 0.3) is 0 Å². The lowest BCUT2D eigenvalue weighted by Crippen LogP contribution is -2.49. The Hall–Kier alpha value is -1.59. The molecule has 2 heterocycles. The van der Waals surface area contributed by atoms with E-state index in [1.54, 1.807) is 9.80 Å². The monoisotopic (exact) mass is 268 g/mol. The van der Waals surface area contributed by atoms with E-state index in [-0.39, 0.29) is 30.8 Å². The molecule has 2 atom stereocenters. The van der Waals surface area contributed by atoms with Crippen LogP contribution in [0, 0.1) is 11.8 Å². The number of piperidine rings is 1. The van der Waals surface area contributed by atoms with Gasteiger partial charge in [-0.25, -0.2) is 0 Å². The Morgan fingerprint density at radius 1 is 1.37 bits per heavy atom. The fraction of sp³-hybridized carbons (Fsp3) is 0.769. The molecule has 2 amide bonds. The molecule has 0 aromatic carbocycles. The van der Waals surface area contributed by atoms with Crippen LogP contribution in [0.25, 0.3) is 0 Å². The third-order valence-electron chi connectivity index (χ3n) is 3.86. The minimum absolute atomic E-state index is 0.0215. The molecule has 0 spiro atoms. The Morgan fingerprint density at radius 2 is 2.11 bits per heavy atom. The molecule has 6 nitrogen and oxygen atoms in total. The van der Waals surface area contributed by atoms with Gasteiger partial charge in [0.05, 0.1) is 12.5 Å². The fourth-order valence-electron chi connectivity index (χ4n) is 2.87. The van der Waals surface area contributed by atoms with Gasteiger partial charge in [0.2, 0.25) is 11.8 Å². The SMILES string of the molecule is CC1CC(C(=O)O)CN(C(=O)CN2CCCC2=O)C1. The highest BCUT2D eigenvalue weighted by Gasteiger charge is 2.33. The minimum atomic E-state index is -0.846. The van der Waals surface area contributed by atoms with Crippen molar-refractivity contribution in [3.63, 3.8) is 0 Å². The lowest BCUT2D eigenvalue weighted by Gasteiger charge is -2.35. The van der Waals surface area contributed by atoms with Crippen molar-refractivity contribution in [2.45, 2.75) is 26.2 Å². The number of carboxylic acids is 1. The molecular formula is C13H20N2O4. The molecule has 106 valence electrons. The zero-order chi connectivity index (χ0) is 14.0. The van der Waals surface area contributed by atoms with Crippen LogP contribution in [-0.4, -0.2) is 58.9 Å². The molecule has 2 aliphatic rings. The van der Waals surface area contributed by atoms with E-state index in [2.05, 4.69) is 0 Å². The lowest BCUT2D eigenvalue weighted by molar-refractivity contribution is -0.148. The van der Waals surface area contributed by atoms with Gasteiger partial charge < -0.3 is 14.9 Å². The molecule has 0 aliphatic carbocycles. The summed E-state index contributed by atoms with van der Waals surface area (Å²) in [6.07, 6.45) is 1.93. The number of rotatable bonds is 3. The van der Waals surface area contributed by atoms with Crippen molar-refractivity contribution in [1.82, 2.24) is 9.80 Å². The zero-order valence-electron chi connectivity index (χ0n) is 11.2. The zero-order valence-corrected chi connectivity index (χ0v) is 11.2. The van der Waals surface area contributed by atoms with Crippen molar-refractivity contribution in [2.24, 2.45) is 11.8 Å². The van der Waals surface area contributed by atoms with E-state index >= 15 is 0 Å². The highest BCUT2D eigenvalue weighted by Crippen LogP contribution is 2.22. The Morgan fingerprint density at radius 3 is 2.68 bits per heavy atom. The maximum atomic E-state index is 12.2. The van der Waals surface area contributed by atoms with Crippen molar-refractivity contribution < 1.29 is 19.5 Å². The van der Waals surface area contributed by atoms with Crippen molar-refractivity contribution in [2.75, 3.05) is 26.2 Å². The van der Waals surface area contributed by atoms with Crippen LogP contribution in [0.3, 0.4) is 0 Å². The van der Waals surface area contributed by atoms with Crippen LogP contribution < -0.4 is 0 Å². The third kappa shape index (κ3) is 3.24. The lowest BCUT2D eigenvalue weighted by atomic mass is 9.90. The molecule has 0 radical (unpaired) electrons. The second kappa shape index (κ2) is 5.59. The summed E-state index contributed by atoms with van der Waals surface area (Å²) in [4.78, 5) is 37.9. The summed E-state index contributed by atoms with van der Waals surface area (Å²) in [6, 6.07) is 0. The Bertz CT molecular complexity index is 396. The second-order valence-electron chi connectivity index (χ2n) is 5.59. The van der Waals surface area contributed by atoms with Crippen molar-refractivity contribution in [1.29, 1.82) is 0 Å². The summed E-state index contributed by atoms with van der Waals surface area (Å²) in [5.41, 5.74) is 0. The number of hydrogen-bond donors (Lipinski definition) is 1. The first kappa shape index (κ1) is 13.8. The number of nitrogens with zero attached hydrogens (tertiary/aromatic N) is 2. The second-order valence-corrected chi connectivity index (χ2v) is 5.59. The van der Waals surface area contributed by atoms with Crippen molar-refractivity contribution >= 4 is 17.8 Å². The first-order chi connectivity index (χ1) is 8.97. The molecule has 1 N–H and O–H groups in total. The molecule has 0 aromatic rings. The first-order valence-corrected chi connectivity index (χ1v) is 6.75. The first-order valence-electron chi connectivity index (χ1n) is 6.75. The van der Waals surface area contributed by atoms with Gasteiger partial charge in [0.1, 0.15) is 0 Å². The van der Waals surface area contributed by atoms with Crippen LogP contribution >= 0.6 is 0 Å². The Balaban J connectivity index is 1.94. The molecule has 19 heavy (non-hydrogen) atoms. The van der Waals surface area contributed by atoms with E-state index in [0.717, 1.165) is 6.42 Å². The number of carbonyl (C=O) groups is 3. The number of amides is 2. The molecule has 2 fully saturated rings. The van der Waals surface area contributed by atoms with Gasteiger partial charge in [-0.3, -0.25) is 14.4 Å². The molecule has 2 aliphatic heterocycles. The molecule has 2 rings (SSSR count). The fourth-order valence-corrected chi connectivity index (χ4v) is 2.87.